The standard InChI is InChI=1S/C15H20N4O3/c20-13(17-8-6-11-5-7-16-10-11)3-4-14-18-15(19-22-14)12-2-1-9-21-12/h1-2,9,11,16H,3-8,10H2,(H,17,20). The van der Waals surface area contributed by atoms with Gasteiger partial charge in [-0.3, -0.25) is 4.79 Å². The SMILES string of the molecule is O=C(CCc1nc(-c2ccco2)no1)NCCC1CCNC1. The summed E-state index contributed by atoms with van der Waals surface area (Å²) in [7, 11) is 0. The van der Waals surface area contributed by atoms with Crippen molar-refractivity contribution >= 4 is 5.91 Å². The maximum Gasteiger partial charge on any atom is 0.238 e. The molecule has 2 aromatic heterocycles. The van der Waals surface area contributed by atoms with Crippen LogP contribution in [0.1, 0.15) is 25.2 Å². The van der Waals surface area contributed by atoms with Crippen LogP contribution in [0.2, 0.25) is 0 Å². The molecule has 7 nitrogen and oxygen atoms in total. The molecule has 1 aliphatic rings. The van der Waals surface area contributed by atoms with Gasteiger partial charge in [0, 0.05) is 19.4 Å². The summed E-state index contributed by atoms with van der Waals surface area (Å²) in [6.07, 6.45) is 4.57. The molecule has 0 spiro atoms. The zero-order valence-corrected chi connectivity index (χ0v) is 12.4. The molecular formula is C15H20N4O3. The minimum atomic E-state index is 0.0173. The Morgan fingerprint density at radius 3 is 3.23 bits per heavy atom. The number of aromatic nitrogens is 2. The molecule has 1 atom stereocenters. The Morgan fingerprint density at radius 2 is 2.45 bits per heavy atom. The van der Waals surface area contributed by atoms with Crippen molar-refractivity contribution in [3.8, 4) is 11.6 Å². The number of furan rings is 1. The molecule has 0 radical (unpaired) electrons. The minimum Gasteiger partial charge on any atom is -0.461 e. The van der Waals surface area contributed by atoms with Gasteiger partial charge in [-0.15, -0.1) is 0 Å². The van der Waals surface area contributed by atoms with E-state index in [1.807, 2.05) is 0 Å². The predicted molar refractivity (Wildman–Crippen MR) is 78.9 cm³/mol. The Kier molecular flexibility index (Phi) is 4.85. The summed E-state index contributed by atoms with van der Waals surface area (Å²) in [6.45, 7) is 2.88. The fourth-order valence-corrected chi connectivity index (χ4v) is 2.55. The van der Waals surface area contributed by atoms with Gasteiger partial charge in [0.25, 0.3) is 0 Å². The summed E-state index contributed by atoms with van der Waals surface area (Å²) < 4.78 is 10.3. The van der Waals surface area contributed by atoms with E-state index in [0.717, 1.165) is 26.1 Å². The highest BCUT2D eigenvalue weighted by molar-refractivity contribution is 5.75. The van der Waals surface area contributed by atoms with Crippen molar-refractivity contribution < 1.29 is 13.7 Å². The van der Waals surface area contributed by atoms with Crippen molar-refractivity contribution in [2.75, 3.05) is 19.6 Å². The van der Waals surface area contributed by atoms with E-state index in [0.29, 0.717) is 36.2 Å². The van der Waals surface area contributed by atoms with Crippen molar-refractivity contribution in [3.63, 3.8) is 0 Å². The van der Waals surface area contributed by atoms with Crippen LogP contribution in [-0.4, -0.2) is 35.7 Å². The van der Waals surface area contributed by atoms with E-state index in [4.69, 9.17) is 8.94 Å². The number of nitrogens with one attached hydrogen (secondary N) is 2. The van der Waals surface area contributed by atoms with Crippen LogP contribution in [0.4, 0.5) is 0 Å². The molecule has 0 aliphatic carbocycles. The van der Waals surface area contributed by atoms with E-state index < -0.39 is 0 Å². The number of carbonyl (C=O) groups is 1. The normalized spacial score (nSPS) is 17.7. The molecule has 0 bridgehead atoms. The first kappa shape index (κ1) is 14.8. The summed E-state index contributed by atoms with van der Waals surface area (Å²) in [5.41, 5.74) is 0. The van der Waals surface area contributed by atoms with Gasteiger partial charge in [-0.05, 0) is 44.0 Å². The third-order valence-corrected chi connectivity index (χ3v) is 3.81. The number of hydrogen-bond acceptors (Lipinski definition) is 6. The van der Waals surface area contributed by atoms with Crippen LogP contribution in [0.25, 0.3) is 11.6 Å². The van der Waals surface area contributed by atoms with Crippen molar-refractivity contribution in [1.82, 2.24) is 20.8 Å². The average Bonchev–Trinajstić information content (AvgIpc) is 3.26. The first-order chi connectivity index (χ1) is 10.8. The predicted octanol–water partition coefficient (Wildman–Crippen LogP) is 1.38. The van der Waals surface area contributed by atoms with Gasteiger partial charge in [0.15, 0.2) is 5.76 Å². The lowest BCUT2D eigenvalue weighted by Gasteiger charge is -2.08. The number of rotatable bonds is 7. The quantitative estimate of drug-likeness (QED) is 0.802. The molecule has 2 N–H and O–H groups in total. The van der Waals surface area contributed by atoms with E-state index >= 15 is 0 Å². The molecule has 0 saturated carbocycles. The number of nitrogens with zero attached hydrogens (tertiary/aromatic N) is 2. The Labute approximate surface area is 128 Å². The van der Waals surface area contributed by atoms with Crippen LogP contribution in [0.15, 0.2) is 27.3 Å². The molecule has 1 amide bonds. The van der Waals surface area contributed by atoms with Crippen molar-refractivity contribution in [1.29, 1.82) is 0 Å². The fraction of sp³-hybridized carbons (Fsp3) is 0.533. The van der Waals surface area contributed by atoms with Gasteiger partial charge in [0.2, 0.25) is 17.6 Å². The molecule has 1 unspecified atom stereocenters. The van der Waals surface area contributed by atoms with Crippen LogP contribution in [0.3, 0.4) is 0 Å². The summed E-state index contributed by atoms with van der Waals surface area (Å²) in [4.78, 5) is 16.0. The van der Waals surface area contributed by atoms with Crippen molar-refractivity contribution in [2.24, 2.45) is 5.92 Å². The van der Waals surface area contributed by atoms with E-state index in [1.165, 1.54) is 6.42 Å². The molecule has 3 heterocycles. The van der Waals surface area contributed by atoms with Crippen molar-refractivity contribution in [2.45, 2.75) is 25.7 Å². The zero-order chi connectivity index (χ0) is 15.2. The molecule has 2 aromatic rings. The van der Waals surface area contributed by atoms with Crippen molar-refractivity contribution in [3.05, 3.63) is 24.3 Å². The maximum absolute atomic E-state index is 11.8. The monoisotopic (exact) mass is 304 g/mol. The molecule has 118 valence electrons. The lowest BCUT2D eigenvalue weighted by atomic mass is 10.1. The highest BCUT2D eigenvalue weighted by Crippen LogP contribution is 2.16. The van der Waals surface area contributed by atoms with E-state index in [-0.39, 0.29) is 5.91 Å². The van der Waals surface area contributed by atoms with Gasteiger partial charge in [-0.2, -0.15) is 4.98 Å². The zero-order valence-electron chi connectivity index (χ0n) is 12.4. The third-order valence-electron chi connectivity index (χ3n) is 3.81. The second-order valence-corrected chi connectivity index (χ2v) is 5.49. The van der Waals surface area contributed by atoms with Gasteiger partial charge in [0.1, 0.15) is 0 Å². The first-order valence-corrected chi connectivity index (χ1v) is 7.65. The number of carbonyl (C=O) groups excluding carboxylic acids is 1. The van der Waals surface area contributed by atoms with Crippen LogP contribution >= 0.6 is 0 Å². The Morgan fingerprint density at radius 1 is 1.50 bits per heavy atom. The molecule has 3 rings (SSSR count). The van der Waals surface area contributed by atoms with E-state index in [2.05, 4.69) is 20.8 Å². The molecule has 22 heavy (non-hydrogen) atoms. The molecule has 0 aromatic carbocycles. The summed E-state index contributed by atoms with van der Waals surface area (Å²) in [5.74, 6) is 2.12. The summed E-state index contributed by atoms with van der Waals surface area (Å²) in [6, 6.07) is 3.53. The smallest absolute Gasteiger partial charge is 0.238 e. The van der Waals surface area contributed by atoms with Crippen LogP contribution in [-0.2, 0) is 11.2 Å². The number of hydrogen-bond donors (Lipinski definition) is 2. The third kappa shape index (κ3) is 3.94. The van der Waals surface area contributed by atoms with Crippen LogP contribution in [0.5, 0.6) is 0 Å². The fourth-order valence-electron chi connectivity index (χ4n) is 2.55. The Hall–Kier alpha value is -2.15. The maximum atomic E-state index is 11.8. The second-order valence-electron chi connectivity index (χ2n) is 5.49. The Bertz CT molecular complexity index is 588. The highest BCUT2D eigenvalue weighted by Gasteiger charge is 2.15. The number of amides is 1. The van der Waals surface area contributed by atoms with Gasteiger partial charge in [-0.1, -0.05) is 5.16 Å². The Balaban J connectivity index is 1.37. The van der Waals surface area contributed by atoms with Gasteiger partial charge < -0.3 is 19.6 Å². The van der Waals surface area contributed by atoms with Gasteiger partial charge in [-0.25, -0.2) is 0 Å². The molecule has 7 heteroatoms. The van der Waals surface area contributed by atoms with Gasteiger partial charge >= 0.3 is 0 Å². The van der Waals surface area contributed by atoms with Gasteiger partial charge in [0.05, 0.1) is 6.26 Å². The molecule has 1 aliphatic heterocycles. The first-order valence-electron chi connectivity index (χ1n) is 7.65. The molecule has 1 fully saturated rings. The van der Waals surface area contributed by atoms with Crippen LogP contribution in [0, 0.1) is 5.92 Å². The largest absolute Gasteiger partial charge is 0.461 e. The second kappa shape index (κ2) is 7.22. The average molecular weight is 304 g/mol. The highest BCUT2D eigenvalue weighted by atomic mass is 16.5. The summed E-state index contributed by atoms with van der Waals surface area (Å²) in [5, 5.41) is 10.1. The molecule has 1 saturated heterocycles. The minimum absolute atomic E-state index is 0.0173. The van der Waals surface area contributed by atoms with Crippen LogP contribution < -0.4 is 10.6 Å². The number of aryl methyl sites for hydroxylation is 1. The lowest BCUT2D eigenvalue weighted by Crippen LogP contribution is -2.26. The summed E-state index contributed by atoms with van der Waals surface area (Å²) >= 11 is 0. The lowest BCUT2D eigenvalue weighted by molar-refractivity contribution is -0.121. The topological polar surface area (TPSA) is 93.2 Å². The molecular weight excluding hydrogens is 284 g/mol. The van der Waals surface area contributed by atoms with E-state index in [9.17, 15) is 4.79 Å². The van der Waals surface area contributed by atoms with E-state index in [1.54, 1.807) is 18.4 Å².